The fourth-order valence-electron chi connectivity index (χ4n) is 2.73. The second-order valence-electron chi connectivity index (χ2n) is 5.73. The topological polar surface area (TPSA) is 113 Å². The summed E-state index contributed by atoms with van der Waals surface area (Å²) < 4.78 is 6.29. The number of H-pyrrole nitrogens is 2. The maximum atomic E-state index is 12.6. The molecule has 130 valence electrons. The maximum Gasteiger partial charge on any atom is 0.417 e. The number of rotatable bonds is 4. The van der Waals surface area contributed by atoms with Gasteiger partial charge in [0.1, 0.15) is 5.69 Å². The van der Waals surface area contributed by atoms with Crippen molar-refractivity contribution in [3.63, 3.8) is 0 Å². The van der Waals surface area contributed by atoms with E-state index in [4.69, 9.17) is 4.42 Å². The molecule has 0 aliphatic rings. The minimum absolute atomic E-state index is 0.208. The number of hydrogen-bond acceptors (Lipinski definition) is 4. The molecule has 0 unspecified atom stereocenters. The normalized spacial score (nSPS) is 10.9. The van der Waals surface area contributed by atoms with Crippen molar-refractivity contribution < 1.29 is 9.21 Å². The Bertz CT molecular complexity index is 1200. The lowest BCUT2D eigenvalue weighted by molar-refractivity contribution is 0.101. The number of hydrogen-bond donors (Lipinski definition) is 3. The second kappa shape index (κ2) is 6.25. The maximum absolute atomic E-state index is 12.6. The molecule has 0 saturated carbocycles. The summed E-state index contributed by atoms with van der Waals surface area (Å²) in [6, 6.07) is 14.2. The molecule has 0 saturated heterocycles. The molecule has 4 rings (SSSR count). The summed E-state index contributed by atoms with van der Waals surface area (Å²) in [5.74, 6) is -1.00. The Balaban J connectivity index is 1.61. The molecule has 2 aromatic heterocycles. The Kier molecular flexibility index (Phi) is 3.77. The smallest absolute Gasteiger partial charge is 0.408 e. The van der Waals surface area contributed by atoms with E-state index in [9.17, 15) is 14.4 Å². The highest BCUT2D eigenvalue weighted by atomic mass is 16.4. The molecule has 0 fully saturated rings. The van der Waals surface area contributed by atoms with Gasteiger partial charge < -0.3 is 14.7 Å². The van der Waals surface area contributed by atoms with Gasteiger partial charge in [0.15, 0.2) is 5.58 Å². The summed E-state index contributed by atoms with van der Waals surface area (Å²) in [5, 5.41) is 2.72. The number of carbonyl (C=O) groups is 1. The quantitative estimate of drug-likeness (QED) is 0.522. The van der Waals surface area contributed by atoms with Gasteiger partial charge >= 0.3 is 11.4 Å². The van der Waals surface area contributed by atoms with Crippen LogP contribution in [-0.4, -0.2) is 20.4 Å². The van der Waals surface area contributed by atoms with Crippen LogP contribution in [0.4, 0.5) is 5.69 Å². The average molecular weight is 350 g/mol. The molecule has 1 amide bonds. The molecule has 8 nitrogen and oxygen atoms in total. The summed E-state index contributed by atoms with van der Waals surface area (Å²) in [6.45, 7) is 0.278. The molecule has 0 aliphatic heterocycles. The SMILES string of the molecule is O=C(Nc1ccc2oc(=O)[nH]c2c1)c1c[nH]c(=O)n1Cc1ccccc1. The Morgan fingerprint density at radius 3 is 2.73 bits per heavy atom. The molecule has 0 radical (unpaired) electrons. The molecule has 3 N–H and O–H groups in total. The van der Waals surface area contributed by atoms with Crippen molar-refractivity contribution in [2.75, 3.05) is 5.32 Å². The molecule has 4 aromatic rings. The van der Waals surface area contributed by atoms with Gasteiger partial charge in [-0.3, -0.25) is 14.3 Å². The largest absolute Gasteiger partial charge is 0.417 e. The number of oxazole rings is 1. The van der Waals surface area contributed by atoms with Crippen molar-refractivity contribution in [3.05, 3.63) is 87.0 Å². The fourth-order valence-corrected chi connectivity index (χ4v) is 2.73. The van der Waals surface area contributed by atoms with Crippen LogP contribution in [0.25, 0.3) is 11.1 Å². The van der Waals surface area contributed by atoms with Crippen LogP contribution < -0.4 is 16.8 Å². The molecule has 0 aliphatic carbocycles. The van der Waals surface area contributed by atoms with E-state index >= 15 is 0 Å². The molecule has 2 heterocycles. The van der Waals surface area contributed by atoms with Gasteiger partial charge in [0, 0.05) is 11.9 Å². The number of carbonyl (C=O) groups excluding carboxylic acids is 1. The van der Waals surface area contributed by atoms with E-state index < -0.39 is 11.7 Å². The number of aromatic amines is 2. The van der Waals surface area contributed by atoms with Crippen LogP contribution in [-0.2, 0) is 6.54 Å². The first kappa shape index (κ1) is 15.7. The molecule has 0 atom stereocenters. The first-order valence-electron chi connectivity index (χ1n) is 7.86. The van der Waals surface area contributed by atoms with Crippen molar-refractivity contribution in [1.29, 1.82) is 0 Å². The Morgan fingerprint density at radius 2 is 1.92 bits per heavy atom. The van der Waals surface area contributed by atoms with E-state index in [1.807, 2.05) is 30.3 Å². The standard InChI is InChI=1S/C18H14N4O4/c23-16(20-12-6-7-15-13(8-12)21-18(25)26-15)14-9-19-17(24)22(14)10-11-4-2-1-3-5-11/h1-9H,10H2,(H,19,24)(H,20,23)(H,21,25). The third-order valence-electron chi connectivity index (χ3n) is 3.96. The molecule has 0 spiro atoms. The van der Waals surface area contributed by atoms with Gasteiger partial charge in [-0.2, -0.15) is 0 Å². The van der Waals surface area contributed by atoms with Crippen molar-refractivity contribution in [1.82, 2.24) is 14.5 Å². The molecule has 0 bridgehead atoms. The van der Waals surface area contributed by atoms with E-state index in [-0.39, 0.29) is 17.9 Å². The van der Waals surface area contributed by atoms with Crippen LogP contribution in [0.1, 0.15) is 16.1 Å². The van der Waals surface area contributed by atoms with Gasteiger partial charge in [-0.15, -0.1) is 0 Å². The number of aromatic nitrogens is 3. The van der Waals surface area contributed by atoms with Gasteiger partial charge in [-0.05, 0) is 23.8 Å². The lowest BCUT2D eigenvalue weighted by atomic mass is 10.2. The van der Waals surface area contributed by atoms with Gasteiger partial charge in [0.05, 0.1) is 12.1 Å². The predicted octanol–water partition coefficient (Wildman–Crippen LogP) is 1.91. The fraction of sp³-hybridized carbons (Fsp3) is 0.0556. The van der Waals surface area contributed by atoms with E-state index in [0.29, 0.717) is 16.8 Å². The highest BCUT2D eigenvalue weighted by Crippen LogP contribution is 2.17. The average Bonchev–Trinajstić information content (AvgIpc) is 3.17. The second-order valence-corrected chi connectivity index (χ2v) is 5.73. The van der Waals surface area contributed by atoms with E-state index in [1.54, 1.807) is 18.2 Å². The monoisotopic (exact) mass is 350 g/mol. The van der Waals surface area contributed by atoms with Crippen LogP contribution in [0.2, 0.25) is 0 Å². The molecular weight excluding hydrogens is 336 g/mol. The number of benzene rings is 2. The van der Waals surface area contributed by atoms with Crippen LogP contribution in [0.5, 0.6) is 0 Å². The number of amides is 1. The number of nitrogens with zero attached hydrogens (tertiary/aromatic N) is 1. The van der Waals surface area contributed by atoms with E-state index in [1.165, 1.54) is 10.8 Å². The summed E-state index contributed by atoms with van der Waals surface area (Å²) >= 11 is 0. The van der Waals surface area contributed by atoms with Gasteiger partial charge in [-0.1, -0.05) is 30.3 Å². The summed E-state index contributed by atoms with van der Waals surface area (Å²) in [5.41, 5.74) is 2.09. The van der Waals surface area contributed by atoms with Crippen molar-refractivity contribution in [2.45, 2.75) is 6.54 Å². The lowest BCUT2D eigenvalue weighted by Crippen LogP contribution is -2.24. The predicted molar refractivity (Wildman–Crippen MR) is 95.4 cm³/mol. The van der Waals surface area contributed by atoms with Gasteiger partial charge in [-0.25, -0.2) is 9.59 Å². The lowest BCUT2D eigenvalue weighted by Gasteiger charge is -2.08. The Morgan fingerprint density at radius 1 is 1.12 bits per heavy atom. The van der Waals surface area contributed by atoms with Crippen molar-refractivity contribution >= 4 is 22.7 Å². The Labute approximate surface area is 146 Å². The third-order valence-corrected chi connectivity index (χ3v) is 3.96. The van der Waals surface area contributed by atoms with Crippen LogP contribution >= 0.6 is 0 Å². The van der Waals surface area contributed by atoms with E-state index in [0.717, 1.165) is 5.56 Å². The minimum Gasteiger partial charge on any atom is -0.408 e. The van der Waals surface area contributed by atoms with Crippen LogP contribution in [0, 0.1) is 0 Å². The highest BCUT2D eigenvalue weighted by molar-refractivity contribution is 6.03. The number of nitrogens with one attached hydrogen (secondary N) is 3. The number of fused-ring (bicyclic) bond motifs is 1. The molecule has 2 aromatic carbocycles. The first-order valence-corrected chi connectivity index (χ1v) is 7.86. The van der Waals surface area contributed by atoms with Gasteiger partial charge in [0.2, 0.25) is 0 Å². The number of anilines is 1. The number of imidazole rings is 1. The van der Waals surface area contributed by atoms with E-state index in [2.05, 4.69) is 15.3 Å². The minimum atomic E-state index is -0.564. The van der Waals surface area contributed by atoms with Crippen molar-refractivity contribution in [2.24, 2.45) is 0 Å². The molecule has 8 heteroatoms. The van der Waals surface area contributed by atoms with Crippen molar-refractivity contribution in [3.8, 4) is 0 Å². The molecular formula is C18H14N4O4. The zero-order chi connectivity index (χ0) is 18.1. The highest BCUT2D eigenvalue weighted by Gasteiger charge is 2.15. The Hall–Kier alpha value is -3.81. The van der Waals surface area contributed by atoms with Crippen LogP contribution in [0.15, 0.2) is 68.7 Å². The zero-order valence-corrected chi connectivity index (χ0v) is 13.5. The van der Waals surface area contributed by atoms with Gasteiger partial charge in [0.25, 0.3) is 5.91 Å². The first-order chi connectivity index (χ1) is 12.6. The summed E-state index contributed by atoms with van der Waals surface area (Å²) in [4.78, 5) is 40.9. The van der Waals surface area contributed by atoms with Crippen LogP contribution in [0.3, 0.4) is 0 Å². The zero-order valence-electron chi connectivity index (χ0n) is 13.5. The summed E-state index contributed by atoms with van der Waals surface area (Å²) in [6.07, 6.45) is 1.37. The molecule has 26 heavy (non-hydrogen) atoms. The summed E-state index contributed by atoms with van der Waals surface area (Å²) in [7, 11) is 0. The third kappa shape index (κ3) is 2.95.